The fourth-order valence-corrected chi connectivity index (χ4v) is 3.65. The monoisotopic (exact) mass is 448 g/mol. The number of likely N-dealkylation sites (N-methyl/N-ethyl adjacent to an activating group) is 1. The molecule has 0 aromatic heterocycles. The van der Waals surface area contributed by atoms with E-state index in [9.17, 15) is 14.4 Å². The number of anilines is 3. The van der Waals surface area contributed by atoms with Crippen molar-refractivity contribution in [3.8, 4) is 0 Å². The quantitative estimate of drug-likeness (QED) is 0.731. The minimum Gasteiger partial charge on any atom is -0.325 e. The highest BCUT2D eigenvalue weighted by molar-refractivity contribution is 6.42. The third-order valence-electron chi connectivity index (χ3n) is 4.65. The zero-order valence-corrected chi connectivity index (χ0v) is 18.1. The standard InChI is InChI=1S/C21H22Cl2N4O3/c1-13-9-19(28)25-17-5-3-4-6-18(17)27(13)21(30)12-26(2)11-20(29)24-14-7-8-15(22)16(23)10-14/h3-8,10,13H,9,11-12H2,1-2H3,(H,24,29)(H,25,28). The minimum atomic E-state index is -0.306. The van der Waals surface area contributed by atoms with E-state index in [1.54, 1.807) is 53.2 Å². The summed E-state index contributed by atoms with van der Waals surface area (Å²) in [4.78, 5) is 40.7. The minimum absolute atomic E-state index is 0.00698. The Morgan fingerprint density at radius 1 is 1.17 bits per heavy atom. The lowest BCUT2D eigenvalue weighted by Crippen LogP contribution is -2.45. The molecule has 2 aromatic rings. The predicted octanol–water partition coefficient (Wildman–Crippen LogP) is 3.63. The highest BCUT2D eigenvalue weighted by Crippen LogP contribution is 2.31. The molecule has 1 aliphatic heterocycles. The van der Waals surface area contributed by atoms with Gasteiger partial charge in [0.25, 0.3) is 0 Å². The lowest BCUT2D eigenvalue weighted by Gasteiger charge is -2.29. The van der Waals surface area contributed by atoms with Crippen LogP contribution in [0.2, 0.25) is 10.0 Å². The van der Waals surface area contributed by atoms with Gasteiger partial charge in [-0.1, -0.05) is 35.3 Å². The van der Waals surface area contributed by atoms with Crippen LogP contribution in [0.1, 0.15) is 13.3 Å². The molecule has 3 amide bonds. The number of nitrogens with zero attached hydrogens (tertiary/aromatic N) is 2. The summed E-state index contributed by atoms with van der Waals surface area (Å²) in [5.41, 5.74) is 1.77. The van der Waals surface area contributed by atoms with Gasteiger partial charge in [0.05, 0.1) is 34.5 Å². The number of carbonyl (C=O) groups excluding carboxylic acids is 3. The van der Waals surface area contributed by atoms with Crippen LogP contribution in [-0.4, -0.2) is 48.8 Å². The van der Waals surface area contributed by atoms with Gasteiger partial charge in [-0.05, 0) is 44.3 Å². The van der Waals surface area contributed by atoms with Gasteiger partial charge in [0.15, 0.2) is 0 Å². The topological polar surface area (TPSA) is 81.8 Å². The Balaban J connectivity index is 1.65. The number of para-hydroxylation sites is 2. The van der Waals surface area contributed by atoms with Crippen LogP contribution in [0.15, 0.2) is 42.5 Å². The highest BCUT2D eigenvalue weighted by Gasteiger charge is 2.30. The third-order valence-corrected chi connectivity index (χ3v) is 5.39. The number of hydrogen-bond acceptors (Lipinski definition) is 4. The average Bonchev–Trinajstić information content (AvgIpc) is 2.78. The van der Waals surface area contributed by atoms with Crippen LogP contribution in [0.5, 0.6) is 0 Å². The van der Waals surface area contributed by atoms with E-state index in [-0.39, 0.29) is 43.3 Å². The van der Waals surface area contributed by atoms with E-state index in [1.807, 2.05) is 13.0 Å². The molecule has 0 spiro atoms. The van der Waals surface area contributed by atoms with E-state index in [1.165, 1.54) is 0 Å². The first-order chi connectivity index (χ1) is 14.2. The maximum atomic E-state index is 13.0. The second-order valence-corrected chi connectivity index (χ2v) is 8.05. The van der Waals surface area contributed by atoms with Crippen LogP contribution in [-0.2, 0) is 14.4 Å². The maximum absolute atomic E-state index is 13.0. The predicted molar refractivity (Wildman–Crippen MR) is 119 cm³/mol. The maximum Gasteiger partial charge on any atom is 0.241 e. The van der Waals surface area contributed by atoms with E-state index in [0.29, 0.717) is 27.1 Å². The number of hydrogen-bond donors (Lipinski definition) is 2. The van der Waals surface area contributed by atoms with Crippen molar-refractivity contribution in [2.45, 2.75) is 19.4 Å². The fraction of sp³-hybridized carbons (Fsp3) is 0.286. The Labute approximate surface area is 184 Å². The highest BCUT2D eigenvalue weighted by atomic mass is 35.5. The Kier molecular flexibility index (Phi) is 6.97. The largest absolute Gasteiger partial charge is 0.325 e. The van der Waals surface area contributed by atoms with Gasteiger partial charge in [-0.15, -0.1) is 0 Å². The molecule has 0 saturated carbocycles. The number of nitrogens with one attached hydrogen (secondary N) is 2. The Bertz CT molecular complexity index is 982. The smallest absolute Gasteiger partial charge is 0.241 e. The Hall–Kier alpha value is -2.61. The molecule has 7 nitrogen and oxygen atoms in total. The summed E-state index contributed by atoms with van der Waals surface area (Å²) >= 11 is 11.8. The first-order valence-corrected chi connectivity index (χ1v) is 10.1. The van der Waals surface area contributed by atoms with Crippen molar-refractivity contribution in [2.75, 3.05) is 35.7 Å². The van der Waals surface area contributed by atoms with Gasteiger partial charge in [0.1, 0.15) is 0 Å². The van der Waals surface area contributed by atoms with Crippen LogP contribution >= 0.6 is 23.2 Å². The molecule has 1 aliphatic rings. The van der Waals surface area contributed by atoms with Gasteiger partial charge in [0, 0.05) is 18.2 Å². The summed E-state index contributed by atoms with van der Waals surface area (Å²) in [5, 5.41) is 6.30. The fourth-order valence-electron chi connectivity index (χ4n) is 3.35. The van der Waals surface area contributed by atoms with Crippen molar-refractivity contribution in [3.05, 3.63) is 52.5 Å². The summed E-state index contributed by atoms with van der Waals surface area (Å²) in [7, 11) is 1.68. The number of carbonyl (C=O) groups is 3. The van der Waals surface area contributed by atoms with E-state index in [2.05, 4.69) is 10.6 Å². The second kappa shape index (κ2) is 9.47. The third kappa shape index (κ3) is 5.30. The van der Waals surface area contributed by atoms with Gasteiger partial charge in [-0.2, -0.15) is 0 Å². The van der Waals surface area contributed by atoms with Crippen LogP contribution in [0.25, 0.3) is 0 Å². The summed E-state index contributed by atoms with van der Waals surface area (Å²) in [6.45, 7) is 1.85. The molecule has 1 heterocycles. The van der Waals surface area contributed by atoms with Crippen LogP contribution in [0.4, 0.5) is 17.1 Å². The van der Waals surface area contributed by atoms with Gasteiger partial charge in [-0.25, -0.2) is 0 Å². The molecule has 2 aromatic carbocycles. The first kappa shape index (κ1) is 22.1. The molecule has 30 heavy (non-hydrogen) atoms. The summed E-state index contributed by atoms with van der Waals surface area (Å²) in [6, 6.07) is 11.7. The SMILES string of the molecule is CC1CC(=O)Nc2ccccc2N1C(=O)CN(C)CC(=O)Nc1ccc(Cl)c(Cl)c1. The number of benzene rings is 2. The van der Waals surface area contributed by atoms with Crippen LogP contribution < -0.4 is 15.5 Å². The molecule has 9 heteroatoms. The molecule has 0 saturated heterocycles. The van der Waals surface area contributed by atoms with Crippen molar-refractivity contribution < 1.29 is 14.4 Å². The van der Waals surface area contributed by atoms with Crippen LogP contribution in [0.3, 0.4) is 0 Å². The van der Waals surface area contributed by atoms with Gasteiger partial charge >= 0.3 is 0 Å². The molecule has 3 rings (SSSR count). The van der Waals surface area contributed by atoms with Crippen molar-refractivity contribution >= 4 is 58.0 Å². The molecule has 0 radical (unpaired) electrons. The number of fused-ring (bicyclic) bond motifs is 1. The summed E-state index contributed by atoms with van der Waals surface area (Å²) < 4.78 is 0. The molecule has 2 N–H and O–H groups in total. The average molecular weight is 449 g/mol. The lowest BCUT2D eigenvalue weighted by molar-refractivity contribution is -0.121. The molecule has 1 unspecified atom stereocenters. The zero-order valence-electron chi connectivity index (χ0n) is 16.6. The van der Waals surface area contributed by atoms with E-state index in [0.717, 1.165) is 0 Å². The summed E-state index contributed by atoms with van der Waals surface area (Å²) in [5.74, 6) is -0.624. The Morgan fingerprint density at radius 2 is 1.90 bits per heavy atom. The molecular weight excluding hydrogens is 427 g/mol. The van der Waals surface area contributed by atoms with Gasteiger partial charge in [0.2, 0.25) is 17.7 Å². The molecule has 0 bridgehead atoms. The van der Waals surface area contributed by atoms with E-state index >= 15 is 0 Å². The number of rotatable bonds is 5. The van der Waals surface area contributed by atoms with Gasteiger partial charge < -0.3 is 15.5 Å². The van der Waals surface area contributed by atoms with E-state index in [4.69, 9.17) is 23.2 Å². The Morgan fingerprint density at radius 3 is 2.63 bits per heavy atom. The number of halogens is 2. The number of amides is 3. The summed E-state index contributed by atoms with van der Waals surface area (Å²) in [6.07, 6.45) is 0.196. The molecule has 1 atom stereocenters. The normalized spacial score (nSPS) is 16.0. The molecule has 0 aliphatic carbocycles. The van der Waals surface area contributed by atoms with Crippen molar-refractivity contribution in [2.24, 2.45) is 0 Å². The second-order valence-electron chi connectivity index (χ2n) is 7.23. The van der Waals surface area contributed by atoms with Gasteiger partial charge in [-0.3, -0.25) is 19.3 Å². The van der Waals surface area contributed by atoms with Crippen molar-refractivity contribution in [1.29, 1.82) is 0 Å². The van der Waals surface area contributed by atoms with E-state index < -0.39 is 0 Å². The molecular formula is C21H22Cl2N4O3. The zero-order chi connectivity index (χ0) is 21.8. The lowest BCUT2D eigenvalue weighted by atomic mass is 10.1. The molecule has 0 fully saturated rings. The molecule has 158 valence electrons. The van der Waals surface area contributed by atoms with Crippen molar-refractivity contribution in [3.63, 3.8) is 0 Å². The first-order valence-electron chi connectivity index (χ1n) is 9.39. The van der Waals surface area contributed by atoms with Crippen molar-refractivity contribution in [1.82, 2.24) is 4.90 Å². The van der Waals surface area contributed by atoms with Crippen LogP contribution in [0, 0.1) is 0 Å².